The zero-order valence-electron chi connectivity index (χ0n) is 25.9. The van der Waals surface area contributed by atoms with Crippen LogP contribution in [0.2, 0.25) is 0 Å². The number of benzene rings is 5. The smallest absolute Gasteiger partial charge is 0.339 e. The van der Waals surface area contributed by atoms with Crippen molar-refractivity contribution in [2.45, 2.75) is 30.3 Å². The summed E-state index contributed by atoms with van der Waals surface area (Å²) in [5.41, 5.74) is 0.112. The zero-order valence-corrected chi connectivity index (χ0v) is 26.7. The zero-order chi connectivity index (χ0) is 34.6. The van der Waals surface area contributed by atoms with Crippen LogP contribution in [0.4, 0.5) is 0 Å². The van der Waals surface area contributed by atoms with E-state index in [9.17, 15) is 43.5 Å². The lowest BCUT2D eigenvalue weighted by atomic mass is 9.90. The van der Waals surface area contributed by atoms with E-state index < -0.39 is 33.3 Å². The molecule has 0 bridgehead atoms. The van der Waals surface area contributed by atoms with E-state index in [0.717, 1.165) is 0 Å². The van der Waals surface area contributed by atoms with Crippen molar-refractivity contribution in [3.05, 3.63) is 125 Å². The minimum atomic E-state index is -3.45. The van der Waals surface area contributed by atoms with Gasteiger partial charge in [0.05, 0.1) is 15.9 Å². The molecule has 0 spiro atoms. The number of likely N-dealkylation sites (tertiary alicyclic amines) is 1. The summed E-state index contributed by atoms with van der Waals surface area (Å²) in [5.74, 6) is -3.36. The molecular formula is C37H35NO9S. The van der Waals surface area contributed by atoms with Crippen LogP contribution in [-0.2, 0) is 16.3 Å². The van der Waals surface area contributed by atoms with E-state index in [-0.39, 0.29) is 33.5 Å². The molecule has 11 heteroatoms. The molecule has 0 radical (unpaired) electrons. The number of aliphatic hydroxyl groups is 1. The second-order valence-electron chi connectivity index (χ2n) is 11.6. The fraction of sp³-hybridized carbons (Fsp3) is 0.189. The molecule has 1 fully saturated rings. The third-order valence-corrected chi connectivity index (χ3v) is 10.2. The summed E-state index contributed by atoms with van der Waals surface area (Å²) in [6.07, 6.45) is 1.09. The molecule has 5 N–H and O–H groups in total. The molecule has 10 nitrogen and oxygen atoms in total. The number of carbonyl (C=O) groups is 2. The second kappa shape index (κ2) is 14.3. The number of aromatic carboxylic acids is 2. The van der Waals surface area contributed by atoms with Gasteiger partial charge in [-0.3, -0.25) is 4.90 Å². The summed E-state index contributed by atoms with van der Waals surface area (Å²) in [7, 11) is -3.45. The van der Waals surface area contributed by atoms with Crippen LogP contribution >= 0.6 is 0 Å². The quantitative estimate of drug-likeness (QED) is 0.135. The summed E-state index contributed by atoms with van der Waals surface area (Å²) in [6.45, 7) is 5.49. The maximum absolute atomic E-state index is 12.3. The van der Waals surface area contributed by atoms with Crippen molar-refractivity contribution < 1.29 is 43.5 Å². The van der Waals surface area contributed by atoms with Crippen molar-refractivity contribution in [3.8, 4) is 11.5 Å². The first-order valence-electron chi connectivity index (χ1n) is 15.2. The second-order valence-corrected chi connectivity index (χ2v) is 13.7. The van der Waals surface area contributed by atoms with Gasteiger partial charge in [-0.2, -0.15) is 0 Å². The summed E-state index contributed by atoms with van der Waals surface area (Å²) >= 11 is 0. The predicted octanol–water partition coefficient (Wildman–Crippen LogP) is 5.82. The van der Waals surface area contributed by atoms with Gasteiger partial charge in [-0.1, -0.05) is 73.3 Å². The fourth-order valence-electron chi connectivity index (χ4n) is 5.86. The molecule has 0 aromatic heterocycles. The van der Waals surface area contributed by atoms with Crippen LogP contribution in [0, 0.1) is 0 Å². The molecule has 248 valence electrons. The lowest BCUT2D eigenvalue weighted by molar-refractivity contribution is 0.0682. The molecule has 0 amide bonds. The monoisotopic (exact) mass is 669 g/mol. The van der Waals surface area contributed by atoms with Crippen molar-refractivity contribution in [3.63, 3.8) is 0 Å². The largest absolute Gasteiger partial charge is 0.507 e. The Morgan fingerprint density at radius 1 is 0.729 bits per heavy atom. The highest BCUT2D eigenvalue weighted by Gasteiger charge is 2.24. The van der Waals surface area contributed by atoms with E-state index in [4.69, 9.17) is 0 Å². The van der Waals surface area contributed by atoms with E-state index in [0.29, 0.717) is 65.1 Å². The van der Waals surface area contributed by atoms with Gasteiger partial charge >= 0.3 is 11.9 Å². The Labute approximate surface area is 277 Å². The Kier molecular flexibility index (Phi) is 10.1. The third-order valence-electron chi connectivity index (χ3n) is 8.46. The summed E-state index contributed by atoms with van der Waals surface area (Å²) in [4.78, 5) is 25.7. The number of hydrogen-bond donors (Lipinski definition) is 5. The van der Waals surface area contributed by atoms with Crippen molar-refractivity contribution in [1.82, 2.24) is 4.90 Å². The van der Waals surface area contributed by atoms with Crippen LogP contribution < -0.4 is 0 Å². The van der Waals surface area contributed by atoms with Crippen molar-refractivity contribution in [2.24, 2.45) is 0 Å². The predicted molar refractivity (Wildman–Crippen MR) is 182 cm³/mol. The van der Waals surface area contributed by atoms with Crippen LogP contribution in [0.1, 0.15) is 44.7 Å². The Balaban J connectivity index is 0.000000206. The first-order chi connectivity index (χ1) is 22.9. The molecule has 1 aliphatic rings. The van der Waals surface area contributed by atoms with Gasteiger partial charge in [0.15, 0.2) is 0 Å². The molecular weight excluding hydrogens is 634 g/mol. The first kappa shape index (κ1) is 34.1. The summed E-state index contributed by atoms with van der Waals surface area (Å²) < 4.78 is 24.6. The van der Waals surface area contributed by atoms with Gasteiger partial charge in [-0.05, 0) is 58.7 Å². The molecule has 1 aliphatic heterocycles. The summed E-state index contributed by atoms with van der Waals surface area (Å²) in [5, 5.41) is 52.2. The molecule has 0 atom stereocenters. The highest BCUT2D eigenvalue weighted by molar-refractivity contribution is 7.95. The van der Waals surface area contributed by atoms with Gasteiger partial charge in [0.25, 0.3) is 0 Å². The van der Waals surface area contributed by atoms with Gasteiger partial charge in [-0.15, -0.1) is 0 Å². The van der Waals surface area contributed by atoms with Crippen LogP contribution in [0.5, 0.6) is 11.5 Å². The standard InChI is InChI=1S/C23H16O6.C14H19NO3S/c24-20-16(14-7-3-1-5-12(14)9-18(20)22(26)27)11-17-15-8-4-2-6-13(15)10-19(21(17)25)23(28)29;1-12(11-15-9-7-13(16)8-10-15)19(17,18)14-5-3-2-4-6-14/h1-10,24-25H,11H2,(H,26,27)(H,28,29);2-6,13,16H,1,7-11H2. The van der Waals surface area contributed by atoms with E-state index in [2.05, 4.69) is 6.58 Å². The number of fused-ring (bicyclic) bond motifs is 2. The van der Waals surface area contributed by atoms with Gasteiger partial charge in [-0.25, -0.2) is 18.0 Å². The van der Waals surface area contributed by atoms with E-state index in [1.54, 1.807) is 78.9 Å². The molecule has 1 saturated heterocycles. The average molecular weight is 670 g/mol. The SMILES string of the molecule is C=C(CN1CCC(O)CC1)S(=O)(=O)c1ccccc1.O=C(O)c1cc2ccccc2c(Cc2c(O)c(C(=O)O)cc3ccccc23)c1O. The number of hydrogen-bond acceptors (Lipinski definition) is 8. The Morgan fingerprint density at radius 3 is 1.62 bits per heavy atom. The number of aromatic hydroxyl groups is 2. The molecule has 5 aromatic carbocycles. The minimum absolute atomic E-state index is 0.0407. The molecule has 5 aromatic rings. The van der Waals surface area contributed by atoms with E-state index in [1.165, 1.54) is 12.1 Å². The number of nitrogens with zero attached hydrogens (tertiary/aromatic N) is 1. The maximum Gasteiger partial charge on any atom is 0.339 e. The normalized spacial score (nSPS) is 13.9. The summed E-state index contributed by atoms with van der Waals surface area (Å²) in [6, 6.07) is 25.1. The molecule has 48 heavy (non-hydrogen) atoms. The van der Waals surface area contributed by atoms with Crippen LogP contribution in [0.3, 0.4) is 0 Å². The number of aliphatic hydroxyl groups excluding tert-OH is 1. The fourth-order valence-corrected chi connectivity index (χ4v) is 7.06. The third kappa shape index (κ3) is 7.18. The lowest BCUT2D eigenvalue weighted by Crippen LogP contribution is -2.37. The number of sulfone groups is 1. The number of carboxylic acids is 2. The number of rotatable bonds is 8. The molecule has 6 rings (SSSR count). The van der Waals surface area contributed by atoms with Crippen molar-refractivity contribution >= 4 is 43.3 Å². The molecule has 0 saturated carbocycles. The van der Waals surface area contributed by atoms with Gasteiger partial charge in [0.2, 0.25) is 9.84 Å². The Hall–Kier alpha value is -5.23. The van der Waals surface area contributed by atoms with Crippen molar-refractivity contribution in [1.29, 1.82) is 0 Å². The first-order valence-corrected chi connectivity index (χ1v) is 16.7. The number of carboxylic acid groups (broad SMARTS) is 2. The lowest BCUT2D eigenvalue weighted by Gasteiger charge is -2.29. The number of phenols is 2. The Morgan fingerprint density at radius 2 is 1.17 bits per heavy atom. The van der Waals surface area contributed by atoms with Crippen LogP contribution in [0.15, 0.2) is 107 Å². The van der Waals surface area contributed by atoms with Gasteiger partial charge in [0.1, 0.15) is 22.6 Å². The van der Waals surface area contributed by atoms with Crippen LogP contribution in [0.25, 0.3) is 21.5 Å². The van der Waals surface area contributed by atoms with Gasteiger partial charge < -0.3 is 25.5 Å². The average Bonchev–Trinajstić information content (AvgIpc) is 3.08. The van der Waals surface area contributed by atoms with E-state index >= 15 is 0 Å². The Bertz CT molecular complexity index is 2020. The highest BCUT2D eigenvalue weighted by Crippen LogP contribution is 2.38. The topological polar surface area (TPSA) is 173 Å². The van der Waals surface area contributed by atoms with E-state index in [1.807, 2.05) is 4.90 Å². The highest BCUT2D eigenvalue weighted by atomic mass is 32.2. The molecule has 1 heterocycles. The maximum atomic E-state index is 12.3. The number of piperidine rings is 1. The minimum Gasteiger partial charge on any atom is -0.507 e. The van der Waals surface area contributed by atoms with Crippen molar-refractivity contribution in [2.75, 3.05) is 19.6 Å². The molecule has 0 aliphatic carbocycles. The molecule has 0 unspecified atom stereocenters. The van der Waals surface area contributed by atoms with Crippen LogP contribution in [-0.4, -0.2) is 76.5 Å². The van der Waals surface area contributed by atoms with Gasteiger partial charge in [0, 0.05) is 37.2 Å².